The summed E-state index contributed by atoms with van der Waals surface area (Å²) >= 11 is 6.05. The van der Waals surface area contributed by atoms with Gasteiger partial charge in [0.05, 0.1) is 41.2 Å². The predicted octanol–water partition coefficient (Wildman–Crippen LogP) is 3.50. The van der Waals surface area contributed by atoms with Crippen LogP contribution < -0.4 is 16.4 Å². The molecule has 0 aliphatic heterocycles. The molecule has 0 fully saturated rings. The number of anilines is 2. The monoisotopic (exact) mass is 444 g/mol. The molecule has 31 heavy (non-hydrogen) atoms. The summed E-state index contributed by atoms with van der Waals surface area (Å²) in [6.07, 6.45) is 3.57. The Morgan fingerprint density at radius 1 is 1.26 bits per heavy atom. The molecule has 0 unspecified atom stereocenters. The minimum atomic E-state index is -0.210. The number of rotatable bonds is 11. The minimum absolute atomic E-state index is 0.210. The first-order chi connectivity index (χ1) is 15.1. The molecule has 0 saturated carbocycles. The van der Waals surface area contributed by atoms with Crippen LogP contribution in [0.5, 0.6) is 0 Å². The van der Waals surface area contributed by atoms with E-state index < -0.39 is 0 Å². The average molecular weight is 445 g/mol. The summed E-state index contributed by atoms with van der Waals surface area (Å²) in [5.74, 6) is 1.18. The summed E-state index contributed by atoms with van der Waals surface area (Å²) in [6, 6.07) is 6.96. The van der Waals surface area contributed by atoms with E-state index in [9.17, 15) is 4.79 Å². The number of aryl methyl sites for hydroxylation is 1. The van der Waals surface area contributed by atoms with E-state index in [-0.39, 0.29) is 5.91 Å². The van der Waals surface area contributed by atoms with Crippen molar-refractivity contribution in [3.8, 4) is 0 Å². The molecule has 2 heterocycles. The van der Waals surface area contributed by atoms with Gasteiger partial charge in [-0.25, -0.2) is 9.97 Å². The largest absolute Gasteiger partial charge is 0.382 e. The molecule has 1 amide bonds. The summed E-state index contributed by atoms with van der Waals surface area (Å²) < 4.78 is 7.92. The number of carbonyl (C=O) groups excluding carboxylic acids is 1. The Hall–Kier alpha value is -2.84. The lowest BCUT2D eigenvalue weighted by Crippen LogP contribution is -2.27. The lowest BCUT2D eigenvalue weighted by Gasteiger charge is -2.13. The first-order valence-corrected chi connectivity index (χ1v) is 10.9. The van der Waals surface area contributed by atoms with Crippen LogP contribution in [-0.2, 0) is 17.7 Å². The molecular formula is C22H29ClN6O2. The topological polar surface area (TPSA) is 107 Å². The van der Waals surface area contributed by atoms with Crippen molar-refractivity contribution in [1.82, 2.24) is 19.9 Å². The van der Waals surface area contributed by atoms with Crippen LogP contribution in [0.15, 0.2) is 30.5 Å². The van der Waals surface area contributed by atoms with Crippen LogP contribution in [0.2, 0.25) is 5.02 Å². The van der Waals surface area contributed by atoms with Crippen molar-refractivity contribution < 1.29 is 9.53 Å². The molecule has 1 aromatic carbocycles. The quantitative estimate of drug-likeness (QED) is 0.391. The van der Waals surface area contributed by atoms with E-state index in [4.69, 9.17) is 27.1 Å². The Morgan fingerprint density at radius 3 is 2.81 bits per heavy atom. The number of nitrogens with zero attached hydrogens (tertiary/aromatic N) is 3. The first kappa shape index (κ1) is 22.8. The summed E-state index contributed by atoms with van der Waals surface area (Å²) in [7, 11) is 0. The summed E-state index contributed by atoms with van der Waals surface area (Å²) in [6.45, 7) is 6.84. The molecule has 0 bridgehead atoms. The van der Waals surface area contributed by atoms with Crippen LogP contribution in [0.1, 0.15) is 36.5 Å². The number of benzene rings is 1. The third-order valence-electron chi connectivity index (χ3n) is 4.83. The van der Waals surface area contributed by atoms with Crippen molar-refractivity contribution in [3.05, 3.63) is 46.9 Å². The van der Waals surface area contributed by atoms with Crippen LogP contribution in [-0.4, -0.2) is 46.7 Å². The molecule has 0 saturated heterocycles. The van der Waals surface area contributed by atoms with Gasteiger partial charge in [-0.1, -0.05) is 30.7 Å². The van der Waals surface area contributed by atoms with Crippen molar-refractivity contribution >= 4 is 40.0 Å². The van der Waals surface area contributed by atoms with Gasteiger partial charge in [-0.15, -0.1) is 0 Å². The smallest absolute Gasteiger partial charge is 0.252 e. The number of ether oxygens (including phenoxy) is 1. The highest BCUT2D eigenvalue weighted by Crippen LogP contribution is 2.28. The third-order valence-corrected chi connectivity index (χ3v) is 5.16. The van der Waals surface area contributed by atoms with Crippen LogP contribution in [0.3, 0.4) is 0 Å². The lowest BCUT2D eigenvalue weighted by atomic mass is 10.2. The number of hydrogen-bond acceptors (Lipinski definition) is 6. The van der Waals surface area contributed by atoms with Crippen LogP contribution in [0.25, 0.3) is 11.0 Å². The van der Waals surface area contributed by atoms with Crippen LogP contribution in [0.4, 0.5) is 11.5 Å². The van der Waals surface area contributed by atoms with Gasteiger partial charge in [0.15, 0.2) is 5.82 Å². The highest BCUT2D eigenvalue weighted by atomic mass is 35.5. The molecule has 0 spiro atoms. The summed E-state index contributed by atoms with van der Waals surface area (Å²) in [5, 5.41) is 6.60. The Bertz CT molecular complexity index is 1040. The number of fused-ring (bicyclic) bond motifs is 1. The maximum absolute atomic E-state index is 12.2. The molecule has 3 aromatic rings. The zero-order chi connectivity index (χ0) is 22.2. The molecule has 9 heteroatoms. The fourth-order valence-corrected chi connectivity index (χ4v) is 3.64. The molecule has 0 atom stereocenters. The SMILES string of the molecule is CCCc1nc2c(N)ncc(NCC)c2n1CCOCCNC(=O)c1ccccc1Cl. The van der Waals surface area contributed by atoms with Gasteiger partial charge in [-0.05, 0) is 25.5 Å². The Morgan fingerprint density at radius 2 is 2.06 bits per heavy atom. The van der Waals surface area contributed by atoms with Gasteiger partial charge in [0.2, 0.25) is 0 Å². The highest BCUT2D eigenvalue weighted by molar-refractivity contribution is 6.33. The molecule has 0 aliphatic rings. The molecule has 0 aliphatic carbocycles. The zero-order valence-electron chi connectivity index (χ0n) is 17.9. The van der Waals surface area contributed by atoms with E-state index in [1.54, 1.807) is 30.5 Å². The minimum Gasteiger partial charge on any atom is -0.382 e. The van der Waals surface area contributed by atoms with Gasteiger partial charge in [0.1, 0.15) is 11.3 Å². The number of nitrogen functional groups attached to an aromatic ring is 1. The standard InChI is InChI=1S/C22H29ClN6O2/c1-3-7-18-28-19-20(17(25-4-2)14-27-21(19)24)29(18)11-13-31-12-10-26-22(30)15-8-5-6-9-16(15)23/h5-6,8-9,14,25H,3-4,7,10-13H2,1-2H3,(H2,24,27)(H,26,30). The normalized spacial score (nSPS) is 11.1. The number of pyridine rings is 1. The maximum Gasteiger partial charge on any atom is 0.252 e. The Balaban J connectivity index is 1.60. The molecule has 3 rings (SSSR count). The van der Waals surface area contributed by atoms with Crippen molar-refractivity contribution in [3.63, 3.8) is 0 Å². The molecular weight excluding hydrogens is 416 g/mol. The van der Waals surface area contributed by atoms with Gasteiger partial charge in [-0.2, -0.15) is 0 Å². The molecule has 4 N–H and O–H groups in total. The highest BCUT2D eigenvalue weighted by Gasteiger charge is 2.17. The number of aromatic nitrogens is 3. The van der Waals surface area contributed by atoms with Gasteiger partial charge in [0.25, 0.3) is 5.91 Å². The third kappa shape index (κ3) is 5.45. The van der Waals surface area contributed by atoms with Gasteiger partial charge < -0.3 is 25.7 Å². The molecule has 8 nitrogen and oxygen atoms in total. The molecule has 166 valence electrons. The number of nitrogens with one attached hydrogen (secondary N) is 2. The fraction of sp³-hybridized carbons (Fsp3) is 0.409. The number of carbonyl (C=O) groups is 1. The number of hydrogen-bond donors (Lipinski definition) is 3. The maximum atomic E-state index is 12.2. The van der Waals surface area contributed by atoms with Gasteiger partial charge in [-0.3, -0.25) is 4.79 Å². The second kappa shape index (κ2) is 11.0. The second-order valence-corrected chi connectivity index (χ2v) is 7.47. The zero-order valence-corrected chi connectivity index (χ0v) is 18.7. The van der Waals surface area contributed by atoms with Crippen molar-refractivity contribution in [1.29, 1.82) is 0 Å². The molecule has 0 radical (unpaired) electrons. The number of nitrogens with two attached hydrogens (primary N) is 1. The summed E-state index contributed by atoms with van der Waals surface area (Å²) in [4.78, 5) is 21.2. The van der Waals surface area contributed by atoms with Crippen molar-refractivity contribution in [2.24, 2.45) is 0 Å². The van der Waals surface area contributed by atoms with E-state index in [1.807, 2.05) is 6.92 Å². The van der Waals surface area contributed by atoms with E-state index in [1.165, 1.54) is 0 Å². The van der Waals surface area contributed by atoms with Crippen LogP contribution >= 0.6 is 11.6 Å². The van der Waals surface area contributed by atoms with Gasteiger partial charge in [0, 0.05) is 26.1 Å². The Labute approximate surface area is 187 Å². The molecule has 2 aromatic heterocycles. The average Bonchev–Trinajstić information content (AvgIpc) is 3.12. The van der Waals surface area contributed by atoms with E-state index in [0.717, 1.165) is 36.4 Å². The number of imidazole rings is 1. The van der Waals surface area contributed by atoms with Gasteiger partial charge >= 0.3 is 0 Å². The lowest BCUT2D eigenvalue weighted by molar-refractivity contribution is 0.0909. The fourth-order valence-electron chi connectivity index (χ4n) is 3.42. The summed E-state index contributed by atoms with van der Waals surface area (Å²) in [5.41, 5.74) is 9.12. The number of amides is 1. The predicted molar refractivity (Wildman–Crippen MR) is 125 cm³/mol. The van der Waals surface area contributed by atoms with Crippen molar-refractivity contribution in [2.75, 3.05) is 37.4 Å². The second-order valence-electron chi connectivity index (χ2n) is 7.06. The number of halogens is 1. The Kier molecular flexibility index (Phi) is 8.08. The van der Waals surface area contributed by atoms with E-state index in [2.05, 4.69) is 27.1 Å². The van der Waals surface area contributed by atoms with Crippen molar-refractivity contribution in [2.45, 2.75) is 33.2 Å². The van der Waals surface area contributed by atoms with E-state index >= 15 is 0 Å². The van der Waals surface area contributed by atoms with Crippen LogP contribution in [0, 0.1) is 0 Å². The first-order valence-electron chi connectivity index (χ1n) is 10.5. The van der Waals surface area contributed by atoms with E-state index in [0.29, 0.717) is 48.2 Å².